The summed E-state index contributed by atoms with van der Waals surface area (Å²) in [5, 5.41) is 29.4. The molecule has 0 aliphatic rings. The summed E-state index contributed by atoms with van der Waals surface area (Å²) in [4.78, 5) is 24.1. The predicted molar refractivity (Wildman–Crippen MR) is 175 cm³/mol. The van der Waals surface area contributed by atoms with E-state index in [1.54, 1.807) is 12.2 Å². The first-order valence-electron chi connectivity index (χ1n) is 16.8. The van der Waals surface area contributed by atoms with Crippen LogP contribution in [-0.4, -0.2) is 58.8 Å². The molecule has 0 bridgehead atoms. The van der Waals surface area contributed by atoms with Crippen LogP contribution in [0.2, 0.25) is 0 Å². The number of allylic oxidation sites excluding steroid dienone is 6. The first kappa shape index (κ1) is 40.8. The molecule has 0 unspecified atom stereocenters. The maximum atomic E-state index is 12.1. The van der Waals surface area contributed by atoms with Crippen molar-refractivity contribution in [2.75, 3.05) is 13.2 Å². The van der Waals surface area contributed by atoms with Gasteiger partial charge in [0.25, 0.3) is 0 Å². The summed E-state index contributed by atoms with van der Waals surface area (Å²) in [6.45, 7) is 6.08. The molecule has 0 spiro atoms. The Morgan fingerprint density at radius 3 is 1.79 bits per heavy atom. The molecule has 0 radical (unpaired) electrons. The van der Waals surface area contributed by atoms with Gasteiger partial charge in [-0.3, -0.25) is 9.59 Å². The summed E-state index contributed by atoms with van der Waals surface area (Å²) >= 11 is 0. The third-order valence-corrected chi connectivity index (χ3v) is 7.01. The molecule has 0 saturated heterocycles. The van der Waals surface area contributed by atoms with E-state index in [9.17, 15) is 24.9 Å². The topological polar surface area (TPSA) is 113 Å². The molecular weight excluding hydrogens is 544 g/mol. The van der Waals surface area contributed by atoms with Gasteiger partial charge in [-0.05, 0) is 38.0 Å². The lowest BCUT2D eigenvalue weighted by Gasteiger charge is -2.16. The van der Waals surface area contributed by atoms with Crippen LogP contribution in [0.5, 0.6) is 0 Å². The highest BCUT2D eigenvalue weighted by atomic mass is 16.6. The molecule has 0 aromatic heterocycles. The van der Waals surface area contributed by atoms with Gasteiger partial charge >= 0.3 is 11.9 Å². The summed E-state index contributed by atoms with van der Waals surface area (Å²) in [5.41, 5.74) is 0. The van der Waals surface area contributed by atoms with E-state index >= 15 is 0 Å². The van der Waals surface area contributed by atoms with Crippen molar-refractivity contribution in [1.29, 1.82) is 0 Å². The van der Waals surface area contributed by atoms with E-state index in [2.05, 4.69) is 20.8 Å². The second-order valence-electron chi connectivity index (χ2n) is 11.8. The number of unbranched alkanes of at least 4 members (excludes halogenated alkanes) is 8. The molecule has 0 heterocycles. The Kier molecular flexibility index (Phi) is 28.3. The molecular formula is C36H62O7. The SMILES string of the molecule is CCCCC[C@H](O)/C=C/C=C\C/C=C\C=C\[C@H](O)CCCC(=O)OC[C@H](CO)OC(=O)CCCCCCCCCC(C)C. The molecule has 7 heteroatoms. The van der Waals surface area contributed by atoms with Crippen molar-refractivity contribution in [2.24, 2.45) is 5.92 Å². The Balaban J connectivity index is 3.91. The molecule has 3 atom stereocenters. The summed E-state index contributed by atoms with van der Waals surface area (Å²) in [5.74, 6) is -0.0576. The second-order valence-corrected chi connectivity index (χ2v) is 11.8. The fourth-order valence-corrected chi connectivity index (χ4v) is 4.36. The van der Waals surface area contributed by atoms with Crippen LogP contribution in [-0.2, 0) is 19.1 Å². The molecule has 248 valence electrons. The van der Waals surface area contributed by atoms with Crippen LogP contribution in [0.1, 0.15) is 130 Å². The quantitative estimate of drug-likeness (QED) is 0.0475. The first-order chi connectivity index (χ1) is 20.8. The zero-order valence-electron chi connectivity index (χ0n) is 27.3. The number of carbonyl (C=O) groups excluding carboxylic acids is 2. The maximum absolute atomic E-state index is 12.1. The van der Waals surface area contributed by atoms with E-state index in [1.807, 2.05) is 36.5 Å². The van der Waals surface area contributed by atoms with Gasteiger partial charge in [0.15, 0.2) is 6.10 Å². The second kappa shape index (κ2) is 29.8. The highest BCUT2D eigenvalue weighted by Crippen LogP contribution is 2.13. The molecule has 0 aromatic carbocycles. The van der Waals surface area contributed by atoms with Crippen LogP contribution in [0.15, 0.2) is 48.6 Å². The van der Waals surface area contributed by atoms with E-state index in [1.165, 1.54) is 32.1 Å². The number of carbonyl (C=O) groups is 2. The van der Waals surface area contributed by atoms with Gasteiger partial charge in [0.05, 0.1) is 18.8 Å². The molecule has 0 rings (SSSR count). The van der Waals surface area contributed by atoms with Gasteiger partial charge in [-0.1, -0.05) is 134 Å². The van der Waals surface area contributed by atoms with Crippen LogP contribution in [0.25, 0.3) is 0 Å². The Morgan fingerprint density at radius 2 is 1.21 bits per heavy atom. The molecule has 0 aliphatic heterocycles. The molecule has 7 nitrogen and oxygen atoms in total. The van der Waals surface area contributed by atoms with Gasteiger partial charge in [0, 0.05) is 12.8 Å². The number of hydrogen-bond acceptors (Lipinski definition) is 7. The Hall–Kier alpha value is -2.22. The molecule has 0 amide bonds. The number of rotatable bonds is 28. The number of esters is 2. The summed E-state index contributed by atoms with van der Waals surface area (Å²) < 4.78 is 10.4. The number of ether oxygens (including phenoxy) is 2. The Morgan fingerprint density at radius 1 is 0.674 bits per heavy atom. The highest BCUT2D eigenvalue weighted by Gasteiger charge is 2.16. The third kappa shape index (κ3) is 29.6. The van der Waals surface area contributed by atoms with E-state index in [4.69, 9.17) is 9.47 Å². The minimum atomic E-state index is -0.856. The van der Waals surface area contributed by atoms with Crippen LogP contribution in [0.4, 0.5) is 0 Å². The van der Waals surface area contributed by atoms with Crippen LogP contribution < -0.4 is 0 Å². The number of hydrogen-bond donors (Lipinski definition) is 3. The molecule has 0 aliphatic carbocycles. The highest BCUT2D eigenvalue weighted by molar-refractivity contribution is 5.70. The average molecular weight is 607 g/mol. The number of aliphatic hydroxyl groups is 3. The monoisotopic (exact) mass is 606 g/mol. The van der Waals surface area contributed by atoms with E-state index in [0.717, 1.165) is 57.3 Å². The fourth-order valence-electron chi connectivity index (χ4n) is 4.36. The largest absolute Gasteiger partial charge is 0.462 e. The Labute approximate surface area is 262 Å². The van der Waals surface area contributed by atoms with Crippen molar-refractivity contribution < 1.29 is 34.4 Å². The van der Waals surface area contributed by atoms with Crippen molar-refractivity contribution in [3.8, 4) is 0 Å². The van der Waals surface area contributed by atoms with Gasteiger partial charge < -0.3 is 24.8 Å². The van der Waals surface area contributed by atoms with Crippen LogP contribution in [0, 0.1) is 5.92 Å². The van der Waals surface area contributed by atoms with Crippen molar-refractivity contribution in [3.05, 3.63) is 48.6 Å². The minimum absolute atomic E-state index is 0.135. The average Bonchev–Trinajstić information content (AvgIpc) is 2.97. The summed E-state index contributed by atoms with van der Waals surface area (Å²) in [6.07, 6.45) is 28.3. The predicted octanol–water partition coefficient (Wildman–Crippen LogP) is 7.69. The van der Waals surface area contributed by atoms with Gasteiger partial charge in [-0.2, -0.15) is 0 Å². The zero-order valence-corrected chi connectivity index (χ0v) is 27.3. The minimum Gasteiger partial charge on any atom is -0.462 e. The van der Waals surface area contributed by atoms with E-state index < -0.39 is 24.8 Å². The molecule has 0 aromatic rings. The molecule has 43 heavy (non-hydrogen) atoms. The van der Waals surface area contributed by atoms with E-state index in [0.29, 0.717) is 19.3 Å². The maximum Gasteiger partial charge on any atom is 0.306 e. The standard InChI is InChI=1S/C36H62O7/c1-4-5-16-23-32(38)24-18-13-9-7-10-14-19-25-33(39)26-21-28-35(40)42-30-34(29-37)43-36(41)27-20-15-11-6-8-12-17-22-31(2)3/h9-10,13-14,18-19,24-25,31-34,37-39H,4-8,11-12,15-17,20-23,26-30H2,1-3H3/b13-9-,14-10-,24-18+,25-19+/t32-,33-,34-/m0/s1. The van der Waals surface area contributed by atoms with Crippen molar-refractivity contribution in [1.82, 2.24) is 0 Å². The van der Waals surface area contributed by atoms with Crippen LogP contribution in [0.3, 0.4) is 0 Å². The lowest BCUT2D eigenvalue weighted by atomic mass is 10.0. The normalized spacial score (nSPS) is 14.4. The van der Waals surface area contributed by atoms with E-state index in [-0.39, 0.29) is 25.1 Å². The van der Waals surface area contributed by atoms with Crippen molar-refractivity contribution in [2.45, 2.75) is 148 Å². The van der Waals surface area contributed by atoms with Gasteiger partial charge in [-0.15, -0.1) is 0 Å². The smallest absolute Gasteiger partial charge is 0.306 e. The molecule has 0 fully saturated rings. The van der Waals surface area contributed by atoms with Gasteiger partial charge in [0.2, 0.25) is 0 Å². The lowest BCUT2D eigenvalue weighted by Crippen LogP contribution is -2.28. The zero-order chi connectivity index (χ0) is 32.0. The van der Waals surface area contributed by atoms with Crippen molar-refractivity contribution >= 4 is 11.9 Å². The van der Waals surface area contributed by atoms with Gasteiger partial charge in [-0.25, -0.2) is 0 Å². The van der Waals surface area contributed by atoms with Crippen molar-refractivity contribution in [3.63, 3.8) is 0 Å². The fraction of sp³-hybridized carbons (Fsp3) is 0.722. The lowest BCUT2D eigenvalue weighted by molar-refractivity contribution is -0.161. The number of aliphatic hydroxyl groups excluding tert-OH is 3. The van der Waals surface area contributed by atoms with Gasteiger partial charge in [0.1, 0.15) is 6.61 Å². The summed E-state index contributed by atoms with van der Waals surface area (Å²) in [7, 11) is 0. The summed E-state index contributed by atoms with van der Waals surface area (Å²) in [6, 6.07) is 0. The molecule has 0 saturated carbocycles. The third-order valence-electron chi connectivity index (χ3n) is 7.01. The molecule has 3 N–H and O–H groups in total. The van der Waals surface area contributed by atoms with Crippen LogP contribution >= 0.6 is 0 Å². The first-order valence-corrected chi connectivity index (χ1v) is 16.8. The Bertz CT molecular complexity index is 784.